The lowest BCUT2D eigenvalue weighted by Gasteiger charge is -2.12. The molecule has 26 heavy (non-hydrogen) atoms. The monoisotopic (exact) mass is 355 g/mol. The van der Waals surface area contributed by atoms with E-state index in [1.165, 1.54) is 6.20 Å². The number of rotatable bonds is 6. The van der Waals surface area contributed by atoms with Gasteiger partial charge in [-0.1, -0.05) is 18.2 Å². The van der Waals surface area contributed by atoms with Crippen molar-refractivity contribution in [3.05, 3.63) is 59.9 Å². The molecule has 8 heteroatoms. The Hall–Kier alpha value is -2.97. The second kappa shape index (κ2) is 8.41. The zero-order valence-corrected chi connectivity index (χ0v) is 14.1. The maximum absolute atomic E-state index is 12.2. The van der Waals surface area contributed by atoms with Crippen molar-refractivity contribution in [3.8, 4) is 5.75 Å². The SMILES string of the molecule is O=C(NCCNC(=O)C1CC(c2ccccc2O)NN1)c1cccnc1. The number of pyridine rings is 1. The summed E-state index contributed by atoms with van der Waals surface area (Å²) in [4.78, 5) is 28.0. The van der Waals surface area contributed by atoms with Crippen LogP contribution in [0.2, 0.25) is 0 Å². The van der Waals surface area contributed by atoms with E-state index in [2.05, 4.69) is 26.5 Å². The molecule has 2 unspecified atom stereocenters. The first-order valence-electron chi connectivity index (χ1n) is 8.40. The molecule has 3 rings (SSSR count). The maximum atomic E-state index is 12.2. The predicted octanol–water partition coefficient (Wildman–Crippen LogP) is 0.241. The zero-order valence-electron chi connectivity index (χ0n) is 14.1. The van der Waals surface area contributed by atoms with Gasteiger partial charge in [0.05, 0.1) is 11.6 Å². The number of hydrogen-bond acceptors (Lipinski definition) is 6. The van der Waals surface area contributed by atoms with Crippen LogP contribution in [0.15, 0.2) is 48.8 Å². The minimum Gasteiger partial charge on any atom is -0.508 e. The second-order valence-corrected chi connectivity index (χ2v) is 5.98. The van der Waals surface area contributed by atoms with Crippen LogP contribution >= 0.6 is 0 Å². The molecule has 0 bridgehead atoms. The number of nitrogens with zero attached hydrogens (tertiary/aromatic N) is 1. The summed E-state index contributed by atoms with van der Waals surface area (Å²) < 4.78 is 0. The van der Waals surface area contributed by atoms with E-state index in [1.807, 2.05) is 12.1 Å². The summed E-state index contributed by atoms with van der Waals surface area (Å²) in [5, 5.41) is 15.4. The largest absolute Gasteiger partial charge is 0.508 e. The zero-order chi connectivity index (χ0) is 18.4. The van der Waals surface area contributed by atoms with Crippen molar-refractivity contribution in [1.82, 2.24) is 26.5 Å². The smallest absolute Gasteiger partial charge is 0.252 e. The van der Waals surface area contributed by atoms with Crippen molar-refractivity contribution in [3.63, 3.8) is 0 Å². The van der Waals surface area contributed by atoms with E-state index in [-0.39, 0.29) is 23.6 Å². The first kappa shape index (κ1) is 17.8. The molecule has 1 saturated heterocycles. The Morgan fingerprint density at radius 3 is 2.69 bits per heavy atom. The van der Waals surface area contributed by atoms with Crippen molar-refractivity contribution < 1.29 is 14.7 Å². The highest BCUT2D eigenvalue weighted by Gasteiger charge is 2.31. The minimum atomic E-state index is -0.409. The molecule has 136 valence electrons. The number of carbonyl (C=O) groups excluding carboxylic acids is 2. The summed E-state index contributed by atoms with van der Waals surface area (Å²) in [6.07, 6.45) is 3.61. The number of nitrogens with one attached hydrogen (secondary N) is 4. The number of aromatic nitrogens is 1. The molecule has 0 aliphatic carbocycles. The topological polar surface area (TPSA) is 115 Å². The van der Waals surface area contributed by atoms with Gasteiger partial charge in [0, 0.05) is 31.0 Å². The van der Waals surface area contributed by atoms with Gasteiger partial charge in [0.1, 0.15) is 11.8 Å². The van der Waals surface area contributed by atoms with E-state index in [1.54, 1.807) is 30.5 Å². The molecule has 0 radical (unpaired) electrons. The molecule has 2 atom stereocenters. The van der Waals surface area contributed by atoms with E-state index in [0.717, 1.165) is 5.56 Å². The predicted molar refractivity (Wildman–Crippen MR) is 95.1 cm³/mol. The number of phenols is 1. The third kappa shape index (κ3) is 4.35. The Morgan fingerprint density at radius 1 is 1.12 bits per heavy atom. The number of aromatic hydroxyl groups is 1. The van der Waals surface area contributed by atoms with Crippen LogP contribution in [0, 0.1) is 0 Å². The van der Waals surface area contributed by atoms with Gasteiger partial charge < -0.3 is 15.7 Å². The van der Waals surface area contributed by atoms with Crippen molar-refractivity contribution in [2.45, 2.75) is 18.5 Å². The lowest BCUT2D eigenvalue weighted by Crippen LogP contribution is -2.45. The molecule has 1 aromatic carbocycles. The third-order valence-electron chi connectivity index (χ3n) is 4.17. The van der Waals surface area contributed by atoms with Gasteiger partial charge in [-0.3, -0.25) is 14.6 Å². The van der Waals surface area contributed by atoms with E-state index in [4.69, 9.17) is 0 Å². The first-order valence-corrected chi connectivity index (χ1v) is 8.40. The fourth-order valence-electron chi connectivity index (χ4n) is 2.80. The number of hydrogen-bond donors (Lipinski definition) is 5. The van der Waals surface area contributed by atoms with E-state index in [0.29, 0.717) is 25.1 Å². The maximum Gasteiger partial charge on any atom is 0.252 e. The van der Waals surface area contributed by atoms with Gasteiger partial charge in [0.15, 0.2) is 0 Å². The van der Waals surface area contributed by atoms with Crippen LogP contribution in [-0.4, -0.2) is 41.0 Å². The summed E-state index contributed by atoms with van der Waals surface area (Å²) in [6.45, 7) is 0.646. The van der Waals surface area contributed by atoms with Crippen LogP contribution in [0.1, 0.15) is 28.4 Å². The summed E-state index contributed by atoms with van der Waals surface area (Å²) in [7, 11) is 0. The van der Waals surface area contributed by atoms with Gasteiger partial charge in [-0.05, 0) is 24.6 Å². The van der Waals surface area contributed by atoms with Crippen molar-refractivity contribution in [1.29, 1.82) is 0 Å². The van der Waals surface area contributed by atoms with Crippen LogP contribution in [0.3, 0.4) is 0 Å². The van der Waals surface area contributed by atoms with Crippen molar-refractivity contribution in [2.24, 2.45) is 0 Å². The van der Waals surface area contributed by atoms with Crippen molar-refractivity contribution in [2.75, 3.05) is 13.1 Å². The van der Waals surface area contributed by atoms with Crippen LogP contribution in [-0.2, 0) is 4.79 Å². The molecular formula is C18H21N5O3. The molecule has 8 nitrogen and oxygen atoms in total. The molecule has 2 aromatic rings. The first-order chi connectivity index (χ1) is 12.6. The van der Waals surface area contributed by atoms with E-state index in [9.17, 15) is 14.7 Å². The molecular weight excluding hydrogens is 334 g/mol. The standard InChI is InChI=1S/C18H21N5O3/c24-16-6-2-1-5-13(16)14-10-15(23-22-14)18(26)21-9-8-20-17(25)12-4-3-7-19-11-12/h1-7,11,14-15,22-24H,8-10H2,(H,20,25)(H,21,26). The molecule has 1 aliphatic heterocycles. The summed E-state index contributed by atoms with van der Waals surface area (Å²) in [5.41, 5.74) is 7.19. The third-order valence-corrected chi connectivity index (χ3v) is 4.17. The highest BCUT2D eigenvalue weighted by molar-refractivity contribution is 5.93. The van der Waals surface area contributed by atoms with E-state index < -0.39 is 6.04 Å². The molecule has 2 amide bonds. The molecule has 2 heterocycles. The Kier molecular flexibility index (Phi) is 5.77. The molecule has 1 aromatic heterocycles. The van der Waals surface area contributed by atoms with Gasteiger partial charge >= 0.3 is 0 Å². The molecule has 0 saturated carbocycles. The molecule has 1 aliphatic rings. The Morgan fingerprint density at radius 2 is 1.92 bits per heavy atom. The number of benzene rings is 1. The second-order valence-electron chi connectivity index (χ2n) is 5.98. The van der Waals surface area contributed by atoms with Gasteiger partial charge in [-0.2, -0.15) is 0 Å². The molecule has 0 spiro atoms. The number of carbonyl (C=O) groups is 2. The highest BCUT2D eigenvalue weighted by Crippen LogP contribution is 2.28. The number of phenolic OH excluding ortho intramolecular Hbond substituents is 1. The van der Waals surface area contributed by atoms with Gasteiger partial charge in [0.25, 0.3) is 5.91 Å². The Labute approximate surface area is 151 Å². The summed E-state index contributed by atoms with van der Waals surface area (Å²) >= 11 is 0. The molecule has 1 fully saturated rings. The van der Waals surface area contributed by atoms with Crippen molar-refractivity contribution >= 4 is 11.8 Å². The minimum absolute atomic E-state index is 0.141. The highest BCUT2D eigenvalue weighted by atomic mass is 16.3. The van der Waals surface area contributed by atoms with Crippen LogP contribution in [0.5, 0.6) is 5.75 Å². The number of para-hydroxylation sites is 1. The lowest BCUT2D eigenvalue weighted by atomic mass is 10.0. The Bertz CT molecular complexity index is 768. The van der Waals surface area contributed by atoms with Crippen LogP contribution in [0.25, 0.3) is 0 Å². The Balaban J connectivity index is 1.41. The van der Waals surface area contributed by atoms with Gasteiger partial charge in [-0.25, -0.2) is 10.9 Å². The average molecular weight is 355 g/mol. The van der Waals surface area contributed by atoms with Gasteiger partial charge in [-0.15, -0.1) is 0 Å². The normalized spacial score (nSPS) is 19.1. The number of hydrazine groups is 1. The fourth-order valence-corrected chi connectivity index (χ4v) is 2.80. The lowest BCUT2D eigenvalue weighted by molar-refractivity contribution is -0.122. The number of amides is 2. The average Bonchev–Trinajstić information content (AvgIpc) is 3.16. The molecule has 5 N–H and O–H groups in total. The summed E-state index contributed by atoms with van der Waals surface area (Å²) in [5.74, 6) is -0.190. The van der Waals surface area contributed by atoms with E-state index >= 15 is 0 Å². The van der Waals surface area contributed by atoms with Gasteiger partial charge in [0.2, 0.25) is 5.91 Å². The quantitative estimate of drug-likeness (QED) is 0.474. The fraction of sp³-hybridized carbons (Fsp3) is 0.278. The van der Waals surface area contributed by atoms with Crippen LogP contribution in [0.4, 0.5) is 0 Å². The summed E-state index contributed by atoms with van der Waals surface area (Å²) in [6, 6.07) is 9.86. The van der Waals surface area contributed by atoms with Crippen LogP contribution < -0.4 is 21.5 Å².